The zero-order valence-corrected chi connectivity index (χ0v) is 40.0. The van der Waals surface area contributed by atoms with Gasteiger partial charge < -0.3 is 4.90 Å². The third-order valence-corrected chi connectivity index (χ3v) is 12.7. The maximum atomic E-state index is 13.7. The smallest absolute Gasteiger partial charge is 0.311 e. The van der Waals surface area contributed by atoms with Crippen molar-refractivity contribution in [2.75, 3.05) is 4.90 Å². The molecule has 0 amide bonds. The minimum Gasteiger partial charge on any atom is -0.311 e. The van der Waals surface area contributed by atoms with E-state index in [0.717, 1.165) is 18.2 Å². The lowest BCUT2D eigenvalue weighted by molar-refractivity contribution is -0.389. The van der Waals surface area contributed by atoms with Gasteiger partial charge in [-0.2, -0.15) is 119 Å². The first-order valence-corrected chi connectivity index (χ1v) is 22.4. The van der Waals surface area contributed by atoms with Gasteiger partial charge in [0.25, 0.3) is 16.2 Å². The minimum absolute atomic E-state index is 0.0191. The van der Waals surface area contributed by atoms with Crippen LogP contribution in [0.2, 0.25) is 0 Å². The van der Waals surface area contributed by atoms with Crippen LogP contribution in [-0.2, 0) is 16.2 Å². The van der Waals surface area contributed by atoms with E-state index in [1.807, 2.05) is 0 Å². The van der Waals surface area contributed by atoms with Gasteiger partial charge in [0.15, 0.2) is 0 Å². The summed E-state index contributed by atoms with van der Waals surface area (Å²) in [5.41, 5.74) is -23.8. The van der Waals surface area contributed by atoms with Crippen LogP contribution in [0.15, 0.2) is 146 Å². The fourth-order valence-corrected chi connectivity index (χ4v) is 8.68. The van der Waals surface area contributed by atoms with E-state index >= 15 is 0 Å². The van der Waals surface area contributed by atoms with Crippen LogP contribution in [-0.4, -0.2) is 55.6 Å². The summed E-state index contributed by atoms with van der Waals surface area (Å²) >= 11 is 0. The van der Waals surface area contributed by atoms with Gasteiger partial charge in [-0.25, -0.2) is 0 Å². The molecule has 0 aromatic heterocycles. The molecule has 0 N–H and O–H groups in total. The minimum atomic E-state index is -6.86. The van der Waals surface area contributed by atoms with Crippen LogP contribution in [0.4, 0.5) is 136 Å². The molecule has 0 spiro atoms. The summed E-state index contributed by atoms with van der Waals surface area (Å²) in [4.78, 5) is 1.54. The van der Waals surface area contributed by atoms with E-state index in [0.29, 0.717) is 53.5 Å². The Kier molecular flexibility index (Phi) is 16.8. The molecule has 0 saturated heterocycles. The number of benzene rings is 6. The molecule has 0 saturated carbocycles. The van der Waals surface area contributed by atoms with Crippen molar-refractivity contribution >= 4 is 53.5 Å². The molecule has 6 rings (SSSR count). The zero-order chi connectivity index (χ0) is 61.7. The van der Waals surface area contributed by atoms with Gasteiger partial charge in [0.1, 0.15) is 0 Å². The van der Waals surface area contributed by atoms with Crippen LogP contribution in [0.3, 0.4) is 0 Å². The molecule has 0 aliphatic heterocycles. The first kappa shape index (κ1) is 63.6. The molecule has 0 unspecified atom stereocenters. The predicted molar refractivity (Wildman–Crippen MR) is 247 cm³/mol. The van der Waals surface area contributed by atoms with Gasteiger partial charge >= 0.3 is 55.6 Å². The van der Waals surface area contributed by atoms with Crippen LogP contribution in [0.25, 0.3) is 36.5 Å². The largest absolute Gasteiger partial charge is 0.416 e. The van der Waals surface area contributed by atoms with Gasteiger partial charge in [0.2, 0.25) is 0 Å². The number of alkyl halides is 27. The average Bonchev–Trinajstić information content (AvgIpc) is 1.57. The topological polar surface area (TPSA) is 3.24 Å². The summed E-state index contributed by atoms with van der Waals surface area (Å²) < 4.78 is 369. The Bertz CT molecular complexity index is 2750. The zero-order valence-electron chi connectivity index (χ0n) is 40.0. The highest BCUT2D eigenvalue weighted by atomic mass is 19.5. The van der Waals surface area contributed by atoms with Crippen molar-refractivity contribution in [2.24, 2.45) is 0 Å². The van der Waals surface area contributed by atoms with Crippen molar-refractivity contribution < 1.29 is 119 Å². The van der Waals surface area contributed by atoms with Crippen molar-refractivity contribution in [3.8, 4) is 0 Å². The van der Waals surface area contributed by atoms with Gasteiger partial charge in [-0.1, -0.05) is 146 Å². The molecule has 0 atom stereocenters. The normalized spacial score (nSPS) is 14.4. The Balaban J connectivity index is 1.32. The molecule has 1 nitrogen and oxygen atoms in total. The molecular formula is C54H30F27N. The fraction of sp³-hybridized carbons (Fsp3) is 0.222. The van der Waals surface area contributed by atoms with Gasteiger partial charge in [0, 0.05) is 17.1 Å². The number of rotatable bonds is 12. The second-order valence-electron chi connectivity index (χ2n) is 17.7. The third kappa shape index (κ3) is 11.6. The first-order valence-electron chi connectivity index (χ1n) is 22.4. The summed E-state index contributed by atoms with van der Waals surface area (Å²) in [7, 11) is 0. The van der Waals surface area contributed by atoms with Crippen molar-refractivity contribution in [3.63, 3.8) is 0 Å². The van der Waals surface area contributed by atoms with Crippen molar-refractivity contribution in [2.45, 2.75) is 71.8 Å². The van der Waals surface area contributed by atoms with Gasteiger partial charge in [-0.3, -0.25) is 0 Å². The second-order valence-corrected chi connectivity index (χ2v) is 17.7. The number of hydrogen-bond acceptors (Lipinski definition) is 1. The Morgan fingerprint density at radius 2 is 0.305 bits per heavy atom. The molecule has 82 heavy (non-hydrogen) atoms. The summed E-state index contributed by atoms with van der Waals surface area (Å²) in [5.74, 6) is 0. The summed E-state index contributed by atoms with van der Waals surface area (Å²) in [5, 5.41) is 0. The van der Waals surface area contributed by atoms with E-state index in [2.05, 4.69) is 0 Å². The van der Waals surface area contributed by atoms with E-state index < -0.39 is 88.5 Å². The molecule has 0 aliphatic rings. The molecule has 28 heteroatoms. The maximum Gasteiger partial charge on any atom is 0.416 e. The van der Waals surface area contributed by atoms with Crippen LogP contribution < -0.4 is 4.90 Å². The highest BCUT2D eigenvalue weighted by Crippen LogP contribution is 2.63. The highest BCUT2D eigenvalue weighted by Gasteiger charge is 2.86. The van der Waals surface area contributed by atoms with Gasteiger partial charge in [-0.05, 0) is 86.5 Å². The summed E-state index contributed by atoms with van der Waals surface area (Å²) in [6.45, 7) is 0. The summed E-state index contributed by atoms with van der Waals surface area (Å²) in [6.07, 6.45) is -54.5. The van der Waals surface area contributed by atoms with Gasteiger partial charge in [-0.15, -0.1) is 0 Å². The number of hydrogen-bond donors (Lipinski definition) is 0. The SMILES string of the molecule is FC(F)(F)C(c1ccc(C=Cc2ccc(N(c3ccc(C=Cc4ccc(C(C(F)(F)F)(C(F)(F)F)C(F)(F)F)cc4)cc3)c3ccc(C=Cc4ccc(C(C(F)(F)F)(C(F)(F)F)C(F)(F)F)cc4)cc3)cc2)cc1)(C(F)(F)F)C(F)(F)F. The molecule has 0 radical (unpaired) electrons. The van der Waals surface area contributed by atoms with Crippen LogP contribution >= 0.6 is 0 Å². The quantitative estimate of drug-likeness (QED) is 0.0872. The van der Waals surface area contributed by atoms with Crippen LogP contribution in [0, 0.1) is 0 Å². The molecule has 0 bridgehead atoms. The monoisotopic (exact) mass is 1210 g/mol. The average molecular weight is 1210 g/mol. The number of anilines is 3. The molecule has 0 aliphatic carbocycles. The standard InChI is InChI=1S/C54H30F27N/c55-46(56,57)43(47(58,59)60,48(61,62)63)37-19-7-31(8-20-37)1-4-34-13-25-40(26-14-34)82(41-27-15-35(16-28-41)5-2-32-9-21-38(22-10-32)44(49(64,65)66,50(67,68)69)51(70,71)72)42-29-17-36(18-30-42)6-3-33-11-23-39(24-12-33)45(52(73,74)75,53(76,77)78)54(79,80)81/h1-30H. The fourth-order valence-electron chi connectivity index (χ4n) is 8.68. The molecule has 0 heterocycles. The highest BCUT2D eigenvalue weighted by molar-refractivity contribution is 5.81. The van der Waals surface area contributed by atoms with Crippen molar-refractivity contribution in [1.29, 1.82) is 0 Å². The lowest BCUT2D eigenvalue weighted by Crippen LogP contribution is -2.63. The van der Waals surface area contributed by atoms with E-state index in [9.17, 15) is 119 Å². The molecule has 6 aromatic rings. The van der Waals surface area contributed by atoms with Crippen molar-refractivity contribution in [1.82, 2.24) is 0 Å². The molecule has 440 valence electrons. The third-order valence-electron chi connectivity index (χ3n) is 12.7. The Labute approximate surface area is 443 Å². The molecular weight excluding hydrogens is 1180 g/mol. The Morgan fingerprint density at radius 1 is 0.183 bits per heavy atom. The maximum absolute atomic E-state index is 13.7. The van der Waals surface area contributed by atoms with E-state index in [-0.39, 0.29) is 69.8 Å². The molecule has 6 aromatic carbocycles. The second kappa shape index (κ2) is 21.6. The lowest BCUT2D eigenvalue weighted by Gasteiger charge is -2.38. The number of halogens is 27. The van der Waals surface area contributed by atoms with Crippen molar-refractivity contribution in [3.05, 3.63) is 196 Å². The lowest BCUT2D eigenvalue weighted by atomic mass is 9.77. The Hall–Kier alpha value is -7.55. The van der Waals surface area contributed by atoms with E-state index in [1.54, 1.807) is 4.90 Å². The number of nitrogens with zero attached hydrogens (tertiary/aromatic N) is 1. The van der Waals surface area contributed by atoms with Crippen LogP contribution in [0.5, 0.6) is 0 Å². The van der Waals surface area contributed by atoms with Crippen LogP contribution in [0.1, 0.15) is 50.1 Å². The Morgan fingerprint density at radius 3 is 0.427 bits per heavy atom. The van der Waals surface area contributed by atoms with E-state index in [4.69, 9.17) is 0 Å². The van der Waals surface area contributed by atoms with E-state index in [1.165, 1.54) is 91.0 Å². The predicted octanol–water partition coefficient (Wildman–Crippen LogP) is 20.4. The first-order chi connectivity index (χ1) is 37.4. The summed E-state index contributed by atoms with van der Waals surface area (Å²) in [6, 6.07) is 20.9. The van der Waals surface area contributed by atoms with Gasteiger partial charge in [0.05, 0.1) is 0 Å². The molecule has 0 fully saturated rings.